The van der Waals surface area contributed by atoms with E-state index in [0.29, 0.717) is 6.54 Å². The van der Waals surface area contributed by atoms with Crippen LogP contribution in [-0.4, -0.2) is 32.6 Å². The lowest BCUT2D eigenvalue weighted by Crippen LogP contribution is -2.37. The molecular weight excluding hydrogens is 286 g/mol. The molecule has 1 aromatic rings. The Morgan fingerprint density at radius 2 is 2.05 bits per heavy atom. The number of nitrogens with zero attached hydrogens (tertiary/aromatic N) is 1. The predicted molar refractivity (Wildman–Crippen MR) is 90.0 cm³/mol. The molecule has 0 saturated heterocycles. The van der Waals surface area contributed by atoms with Gasteiger partial charge in [0, 0.05) is 36.4 Å². The van der Waals surface area contributed by atoms with Gasteiger partial charge in [-0.1, -0.05) is 31.5 Å². The minimum Gasteiger partial charge on any atom is -0.362 e. The predicted octanol–water partition coefficient (Wildman–Crippen LogP) is 2.80. The van der Waals surface area contributed by atoms with Gasteiger partial charge in [0.15, 0.2) is 0 Å². The van der Waals surface area contributed by atoms with Crippen LogP contribution in [0.3, 0.4) is 0 Å². The molecule has 0 unspecified atom stereocenters. The Balaban J connectivity index is 2.99. The van der Waals surface area contributed by atoms with E-state index in [4.69, 9.17) is 11.6 Å². The molecule has 0 spiro atoms. The van der Waals surface area contributed by atoms with E-state index in [-0.39, 0.29) is 5.91 Å². The fourth-order valence-corrected chi connectivity index (χ4v) is 2.45. The van der Waals surface area contributed by atoms with E-state index in [1.807, 2.05) is 18.2 Å². The summed E-state index contributed by atoms with van der Waals surface area (Å²) < 4.78 is 0. The van der Waals surface area contributed by atoms with Crippen LogP contribution in [0, 0.1) is 0 Å². The van der Waals surface area contributed by atoms with Crippen LogP contribution in [0.15, 0.2) is 18.2 Å². The molecule has 0 bridgehead atoms. The number of hydrogen-bond acceptors (Lipinski definition) is 3. The number of benzene rings is 1. The fraction of sp³-hybridized carbons (Fsp3) is 0.562. The SMILES string of the molecule is CCCNCc1c(Cl)cccc1N(CCC)CC(=O)NC. The largest absolute Gasteiger partial charge is 0.362 e. The quantitative estimate of drug-likeness (QED) is 0.689. The van der Waals surface area contributed by atoms with E-state index in [2.05, 4.69) is 29.4 Å². The van der Waals surface area contributed by atoms with Crippen molar-refractivity contribution in [2.45, 2.75) is 33.2 Å². The number of hydrogen-bond donors (Lipinski definition) is 2. The Hall–Kier alpha value is -1.26. The maximum Gasteiger partial charge on any atom is 0.239 e. The van der Waals surface area contributed by atoms with Crippen LogP contribution in [0.5, 0.6) is 0 Å². The number of rotatable bonds is 9. The molecule has 0 aliphatic carbocycles. The van der Waals surface area contributed by atoms with Crippen molar-refractivity contribution < 1.29 is 4.79 Å². The van der Waals surface area contributed by atoms with E-state index in [1.165, 1.54) is 0 Å². The Kier molecular flexibility index (Phi) is 8.16. The molecule has 1 aromatic carbocycles. The van der Waals surface area contributed by atoms with Gasteiger partial charge >= 0.3 is 0 Å². The Morgan fingerprint density at radius 3 is 2.67 bits per heavy atom. The number of anilines is 1. The second kappa shape index (κ2) is 9.64. The van der Waals surface area contributed by atoms with Crippen molar-refractivity contribution in [3.8, 4) is 0 Å². The maximum atomic E-state index is 11.7. The van der Waals surface area contributed by atoms with Crippen LogP contribution in [-0.2, 0) is 11.3 Å². The number of halogens is 1. The Labute approximate surface area is 132 Å². The number of nitrogens with one attached hydrogen (secondary N) is 2. The van der Waals surface area contributed by atoms with Crippen LogP contribution < -0.4 is 15.5 Å². The zero-order valence-corrected chi connectivity index (χ0v) is 14.0. The minimum atomic E-state index is 0.0101. The maximum absolute atomic E-state index is 11.7. The summed E-state index contributed by atoms with van der Waals surface area (Å²) in [6.45, 7) is 7.09. The van der Waals surface area contributed by atoms with Gasteiger partial charge < -0.3 is 15.5 Å². The molecule has 1 amide bonds. The fourth-order valence-electron chi connectivity index (χ4n) is 2.22. The molecule has 0 radical (unpaired) electrons. The molecule has 0 heterocycles. The summed E-state index contributed by atoms with van der Waals surface area (Å²) in [5, 5.41) is 6.81. The zero-order chi connectivity index (χ0) is 15.7. The number of carbonyl (C=O) groups excluding carboxylic acids is 1. The first-order valence-corrected chi connectivity index (χ1v) is 7.95. The first-order valence-electron chi connectivity index (χ1n) is 7.57. The number of carbonyl (C=O) groups is 1. The van der Waals surface area contributed by atoms with Crippen molar-refractivity contribution in [1.82, 2.24) is 10.6 Å². The molecule has 0 aliphatic heterocycles. The summed E-state index contributed by atoms with van der Waals surface area (Å²) >= 11 is 6.36. The number of likely N-dealkylation sites (N-methyl/N-ethyl adjacent to an activating group) is 1. The van der Waals surface area contributed by atoms with Crippen molar-refractivity contribution in [1.29, 1.82) is 0 Å². The third kappa shape index (κ3) is 5.56. The topological polar surface area (TPSA) is 44.4 Å². The van der Waals surface area contributed by atoms with E-state index >= 15 is 0 Å². The van der Waals surface area contributed by atoms with Gasteiger partial charge in [-0.25, -0.2) is 0 Å². The van der Waals surface area contributed by atoms with Crippen LogP contribution >= 0.6 is 11.6 Å². The lowest BCUT2D eigenvalue weighted by atomic mass is 10.1. The molecule has 0 atom stereocenters. The summed E-state index contributed by atoms with van der Waals surface area (Å²) in [6.07, 6.45) is 2.06. The first kappa shape index (κ1) is 17.8. The second-order valence-corrected chi connectivity index (χ2v) is 5.42. The summed E-state index contributed by atoms with van der Waals surface area (Å²) in [6, 6.07) is 5.87. The monoisotopic (exact) mass is 311 g/mol. The van der Waals surface area contributed by atoms with Gasteiger partial charge in [0.2, 0.25) is 5.91 Å². The third-order valence-corrected chi connectivity index (χ3v) is 3.62. The molecule has 5 heteroatoms. The van der Waals surface area contributed by atoms with Crippen molar-refractivity contribution in [3.05, 3.63) is 28.8 Å². The summed E-state index contributed by atoms with van der Waals surface area (Å²) in [5.41, 5.74) is 2.10. The molecule has 0 fully saturated rings. The van der Waals surface area contributed by atoms with Crippen LogP contribution in [0.2, 0.25) is 5.02 Å². The van der Waals surface area contributed by atoms with Gasteiger partial charge in [0.05, 0.1) is 6.54 Å². The van der Waals surface area contributed by atoms with Crippen LogP contribution in [0.1, 0.15) is 32.3 Å². The smallest absolute Gasteiger partial charge is 0.239 e. The summed E-state index contributed by atoms with van der Waals surface area (Å²) in [7, 11) is 1.66. The molecule has 0 aliphatic rings. The van der Waals surface area contributed by atoms with Gasteiger partial charge in [-0.3, -0.25) is 4.79 Å². The average Bonchev–Trinajstić information content (AvgIpc) is 2.48. The number of amides is 1. The summed E-state index contributed by atoms with van der Waals surface area (Å²) in [5.74, 6) is 0.0101. The standard InChI is InChI=1S/C16H26ClN3O/c1-4-9-19-11-13-14(17)7-6-8-15(13)20(10-5-2)12-16(21)18-3/h6-8,19H,4-5,9-12H2,1-3H3,(H,18,21). The molecule has 1 rings (SSSR count). The highest BCUT2D eigenvalue weighted by molar-refractivity contribution is 6.31. The highest BCUT2D eigenvalue weighted by Gasteiger charge is 2.15. The molecule has 0 aromatic heterocycles. The zero-order valence-electron chi connectivity index (χ0n) is 13.2. The van der Waals surface area contributed by atoms with E-state index < -0.39 is 0 Å². The third-order valence-electron chi connectivity index (χ3n) is 3.27. The molecule has 118 valence electrons. The molecule has 4 nitrogen and oxygen atoms in total. The van der Waals surface area contributed by atoms with Crippen LogP contribution in [0.25, 0.3) is 0 Å². The van der Waals surface area contributed by atoms with Gasteiger partial charge in [0.25, 0.3) is 0 Å². The second-order valence-electron chi connectivity index (χ2n) is 5.01. The Morgan fingerprint density at radius 1 is 1.29 bits per heavy atom. The first-order chi connectivity index (χ1) is 10.1. The van der Waals surface area contributed by atoms with Gasteiger partial charge in [-0.2, -0.15) is 0 Å². The normalized spacial score (nSPS) is 10.5. The van der Waals surface area contributed by atoms with E-state index in [9.17, 15) is 4.79 Å². The lowest BCUT2D eigenvalue weighted by molar-refractivity contribution is -0.119. The highest BCUT2D eigenvalue weighted by Crippen LogP contribution is 2.27. The van der Waals surface area contributed by atoms with Crippen LogP contribution in [0.4, 0.5) is 5.69 Å². The Bertz CT molecular complexity index is 451. The van der Waals surface area contributed by atoms with Crippen molar-refractivity contribution in [2.75, 3.05) is 31.6 Å². The molecular formula is C16H26ClN3O. The lowest BCUT2D eigenvalue weighted by Gasteiger charge is -2.26. The molecule has 2 N–H and O–H groups in total. The van der Waals surface area contributed by atoms with Gasteiger partial charge in [-0.15, -0.1) is 0 Å². The molecule has 21 heavy (non-hydrogen) atoms. The van der Waals surface area contributed by atoms with Crippen molar-refractivity contribution in [3.63, 3.8) is 0 Å². The summed E-state index contributed by atoms with van der Waals surface area (Å²) in [4.78, 5) is 13.8. The van der Waals surface area contributed by atoms with E-state index in [1.54, 1.807) is 7.05 Å². The van der Waals surface area contributed by atoms with Gasteiger partial charge in [0.1, 0.15) is 0 Å². The van der Waals surface area contributed by atoms with E-state index in [0.717, 1.165) is 48.7 Å². The molecule has 0 saturated carbocycles. The minimum absolute atomic E-state index is 0.0101. The van der Waals surface area contributed by atoms with Crippen molar-refractivity contribution >= 4 is 23.2 Å². The average molecular weight is 312 g/mol. The van der Waals surface area contributed by atoms with Gasteiger partial charge in [-0.05, 0) is 31.5 Å². The highest BCUT2D eigenvalue weighted by atomic mass is 35.5. The van der Waals surface area contributed by atoms with Crippen molar-refractivity contribution in [2.24, 2.45) is 0 Å².